The third-order valence-corrected chi connectivity index (χ3v) is 3.70. The average Bonchev–Trinajstić information content (AvgIpc) is 3.25. The van der Waals surface area contributed by atoms with Gasteiger partial charge >= 0.3 is 0 Å². The molecule has 3 rings (SSSR count). The van der Waals surface area contributed by atoms with Crippen molar-refractivity contribution in [3.8, 4) is 11.5 Å². The smallest absolute Gasteiger partial charge is 0.256 e. The predicted octanol–water partition coefficient (Wildman–Crippen LogP) is 0.175. The maximum Gasteiger partial charge on any atom is 0.256 e. The van der Waals surface area contributed by atoms with Gasteiger partial charge in [0.05, 0.1) is 6.54 Å². The van der Waals surface area contributed by atoms with Crippen molar-refractivity contribution >= 4 is 23.5 Å². The number of amides is 3. The number of anilines is 1. The van der Waals surface area contributed by atoms with Crippen LogP contribution in [0.1, 0.15) is 26.4 Å². The highest BCUT2D eigenvalue weighted by Gasteiger charge is 2.20. The first-order valence-electron chi connectivity index (χ1n) is 7.74. The molecule has 0 unspecified atom stereocenters. The minimum Gasteiger partial charge on any atom is -0.454 e. The molecule has 0 saturated heterocycles. The zero-order chi connectivity index (χ0) is 18.7. The summed E-state index contributed by atoms with van der Waals surface area (Å²) in [5, 5.41) is 14.0. The van der Waals surface area contributed by atoms with E-state index in [0.29, 0.717) is 22.8 Å². The van der Waals surface area contributed by atoms with Crippen molar-refractivity contribution in [3.05, 3.63) is 35.0 Å². The summed E-state index contributed by atoms with van der Waals surface area (Å²) in [4.78, 5) is 36.0. The molecule has 0 saturated carbocycles. The molecule has 1 aliphatic heterocycles. The van der Waals surface area contributed by atoms with Gasteiger partial charge < -0.3 is 25.4 Å². The Morgan fingerprint density at radius 3 is 2.73 bits per heavy atom. The third kappa shape index (κ3) is 3.43. The summed E-state index contributed by atoms with van der Waals surface area (Å²) in [7, 11) is 1.48. The predicted molar refractivity (Wildman–Crippen MR) is 90.2 cm³/mol. The Balaban J connectivity index is 1.59. The van der Waals surface area contributed by atoms with E-state index in [1.807, 2.05) is 0 Å². The van der Waals surface area contributed by atoms with Crippen LogP contribution in [0.4, 0.5) is 5.82 Å². The summed E-state index contributed by atoms with van der Waals surface area (Å²) in [6.45, 7) is 1.49. The van der Waals surface area contributed by atoms with E-state index in [1.165, 1.54) is 13.1 Å². The van der Waals surface area contributed by atoms with Crippen LogP contribution in [0.2, 0.25) is 0 Å². The van der Waals surface area contributed by atoms with Gasteiger partial charge in [0.15, 0.2) is 17.3 Å². The lowest BCUT2D eigenvalue weighted by Gasteiger charge is -2.07. The quantitative estimate of drug-likeness (QED) is 0.601. The van der Waals surface area contributed by atoms with E-state index in [4.69, 9.17) is 9.47 Å². The van der Waals surface area contributed by atoms with Crippen LogP contribution in [0.25, 0.3) is 0 Å². The van der Waals surface area contributed by atoms with Crippen molar-refractivity contribution in [1.29, 1.82) is 0 Å². The normalized spacial score (nSPS) is 11.8. The molecular weight excluding hydrogens is 342 g/mol. The number of carbonyl (C=O) groups is 3. The van der Waals surface area contributed by atoms with E-state index < -0.39 is 11.8 Å². The molecule has 0 bridgehead atoms. The number of H-pyrrole nitrogens is 1. The van der Waals surface area contributed by atoms with Crippen LogP contribution in [0.3, 0.4) is 0 Å². The number of benzene rings is 1. The van der Waals surface area contributed by atoms with Crippen LogP contribution in [0, 0.1) is 6.92 Å². The molecule has 136 valence electrons. The van der Waals surface area contributed by atoms with Gasteiger partial charge in [0.2, 0.25) is 12.7 Å². The van der Waals surface area contributed by atoms with Crippen molar-refractivity contribution in [2.24, 2.45) is 0 Å². The van der Waals surface area contributed by atoms with E-state index >= 15 is 0 Å². The van der Waals surface area contributed by atoms with Gasteiger partial charge in [-0.2, -0.15) is 5.10 Å². The molecule has 2 heterocycles. The molecule has 1 aromatic carbocycles. The van der Waals surface area contributed by atoms with Gasteiger partial charge in [0.1, 0.15) is 5.56 Å². The lowest BCUT2D eigenvalue weighted by Crippen LogP contribution is -2.33. The molecule has 0 atom stereocenters. The highest BCUT2D eigenvalue weighted by atomic mass is 16.7. The van der Waals surface area contributed by atoms with Gasteiger partial charge in [0.25, 0.3) is 11.8 Å². The number of hydrogen-bond acceptors (Lipinski definition) is 6. The van der Waals surface area contributed by atoms with E-state index in [9.17, 15) is 14.4 Å². The van der Waals surface area contributed by atoms with Crippen molar-refractivity contribution in [1.82, 2.24) is 20.8 Å². The highest BCUT2D eigenvalue weighted by molar-refractivity contribution is 6.05. The maximum atomic E-state index is 12.2. The second-order valence-electron chi connectivity index (χ2n) is 5.45. The number of aromatic amines is 1. The van der Waals surface area contributed by atoms with Crippen LogP contribution in [-0.4, -0.2) is 48.3 Å². The Bertz CT molecular complexity index is 876. The van der Waals surface area contributed by atoms with Gasteiger partial charge in [0, 0.05) is 18.3 Å². The number of rotatable bonds is 5. The minimum absolute atomic E-state index is 0.101. The van der Waals surface area contributed by atoms with E-state index in [0.717, 1.165) is 0 Å². The largest absolute Gasteiger partial charge is 0.454 e. The molecule has 2 aromatic rings. The Hall–Kier alpha value is -3.56. The fraction of sp³-hybridized carbons (Fsp3) is 0.250. The molecule has 4 N–H and O–H groups in total. The lowest BCUT2D eigenvalue weighted by molar-refractivity contribution is -0.115. The summed E-state index contributed by atoms with van der Waals surface area (Å²) >= 11 is 0. The number of aromatic nitrogens is 2. The molecule has 1 aliphatic rings. The fourth-order valence-electron chi connectivity index (χ4n) is 2.40. The number of aryl methyl sites for hydroxylation is 1. The summed E-state index contributed by atoms with van der Waals surface area (Å²) in [5.74, 6) is -0.196. The van der Waals surface area contributed by atoms with Gasteiger partial charge in [-0.05, 0) is 25.1 Å². The average molecular weight is 359 g/mol. The van der Waals surface area contributed by atoms with E-state index in [1.54, 1.807) is 19.1 Å². The molecule has 26 heavy (non-hydrogen) atoms. The first kappa shape index (κ1) is 17.3. The summed E-state index contributed by atoms with van der Waals surface area (Å²) in [6.07, 6.45) is 0. The summed E-state index contributed by atoms with van der Waals surface area (Å²) in [5.41, 5.74) is 1.09. The van der Waals surface area contributed by atoms with Crippen LogP contribution in [0.15, 0.2) is 18.2 Å². The van der Waals surface area contributed by atoms with Crippen LogP contribution in [0.5, 0.6) is 11.5 Å². The first-order chi connectivity index (χ1) is 12.5. The van der Waals surface area contributed by atoms with Crippen molar-refractivity contribution < 1.29 is 23.9 Å². The molecular formula is C16H17N5O5. The maximum absolute atomic E-state index is 12.2. The second-order valence-corrected chi connectivity index (χ2v) is 5.45. The molecule has 0 radical (unpaired) electrons. The monoisotopic (exact) mass is 359 g/mol. The first-order valence-corrected chi connectivity index (χ1v) is 7.74. The van der Waals surface area contributed by atoms with Crippen molar-refractivity contribution in [2.45, 2.75) is 6.92 Å². The zero-order valence-corrected chi connectivity index (χ0v) is 14.1. The number of nitrogens with one attached hydrogen (secondary N) is 4. The lowest BCUT2D eigenvalue weighted by atomic mass is 10.2. The Morgan fingerprint density at radius 1 is 1.19 bits per heavy atom. The van der Waals surface area contributed by atoms with E-state index in [2.05, 4.69) is 26.1 Å². The number of carbonyl (C=O) groups excluding carboxylic acids is 3. The number of nitrogens with zero attached hydrogens (tertiary/aromatic N) is 1. The molecule has 0 spiro atoms. The molecule has 10 heteroatoms. The number of hydrogen-bond donors (Lipinski definition) is 4. The third-order valence-electron chi connectivity index (χ3n) is 3.70. The SMILES string of the molecule is CNC(=O)c1c(NC(=O)CNC(=O)c2ccc3c(c2)OCO3)n[nH]c1C. The number of ether oxygens (including phenoxy) is 2. The molecule has 3 amide bonds. The Kier molecular flexibility index (Phi) is 4.74. The molecule has 1 aromatic heterocycles. The van der Waals surface area contributed by atoms with Gasteiger partial charge in [-0.15, -0.1) is 0 Å². The summed E-state index contributed by atoms with van der Waals surface area (Å²) in [6, 6.07) is 4.73. The molecule has 10 nitrogen and oxygen atoms in total. The topological polar surface area (TPSA) is 134 Å². The van der Waals surface area contributed by atoms with Crippen LogP contribution >= 0.6 is 0 Å². The minimum atomic E-state index is -0.518. The molecule has 0 aliphatic carbocycles. The summed E-state index contributed by atoms with van der Waals surface area (Å²) < 4.78 is 10.4. The van der Waals surface area contributed by atoms with Gasteiger partial charge in [-0.1, -0.05) is 0 Å². The standard InChI is InChI=1S/C16H17N5O5/c1-8-13(16(24)17-2)14(21-20-8)19-12(22)6-18-15(23)9-3-4-10-11(5-9)26-7-25-10/h3-5H,6-7H2,1-2H3,(H,17,24)(H,18,23)(H2,19,20,21,22). The van der Waals surface area contributed by atoms with Crippen LogP contribution in [-0.2, 0) is 4.79 Å². The van der Waals surface area contributed by atoms with E-state index in [-0.39, 0.29) is 30.6 Å². The second kappa shape index (κ2) is 7.13. The van der Waals surface area contributed by atoms with Gasteiger partial charge in [-0.25, -0.2) is 0 Å². The van der Waals surface area contributed by atoms with Gasteiger partial charge in [-0.3, -0.25) is 19.5 Å². The Morgan fingerprint density at radius 2 is 1.96 bits per heavy atom. The Labute approximate surface area is 148 Å². The zero-order valence-electron chi connectivity index (χ0n) is 14.1. The molecule has 0 fully saturated rings. The van der Waals surface area contributed by atoms with Crippen molar-refractivity contribution in [2.75, 3.05) is 25.7 Å². The fourth-order valence-corrected chi connectivity index (χ4v) is 2.40. The van der Waals surface area contributed by atoms with Crippen molar-refractivity contribution in [3.63, 3.8) is 0 Å². The van der Waals surface area contributed by atoms with Crippen LogP contribution < -0.4 is 25.4 Å². The highest BCUT2D eigenvalue weighted by Crippen LogP contribution is 2.32. The number of fused-ring (bicyclic) bond motifs is 1.